The minimum Gasteiger partial charge on any atom is -0.461 e. The molecule has 3 N–H and O–H groups in total. The van der Waals surface area contributed by atoms with Gasteiger partial charge in [-0.15, -0.1) is 0 Å². The summed E-state index contributed by atoms with van der Waals surface area (Å²) in [6, 6.07) is 0. The van der Waals surface area contributed by atoms with E-state index in [1.807, 2.05) is 32.9 Å². The summed E-state index contributed by atoms with van der Waals surface area (Å²) in [5, 5.41) is 23.8. The van der Waals surface area contributed by atoms with Crippen molar-refractivity contribution in [2.45, 2.75) is 110 Å². The van der Waals surface area contributed by atoms with Crippen molar-refractivity contribution in [3.8, 4) is 0 Å². The predicted octanol–water partition coefficient (Wildman–Crippen LogP) is 4.38. The second-order valence-electron chi connectivity index (χ2n) is 12.6. The number of aliphatic hydroxyl groups is 2. The smallest absolute Gasteiger partial charge is 0.410 e. The average Bonchev–Trinajstić information content (AvgIpc) is 3.74. The zero-order valence-electron chi connectivity index (χ0n) is 26.2. The molecule has 9 heteroatoms. The lowest BCUT2D eigenvalue weighted by Crippen LogP contribution is -2.47. The van der Waals surface area contributed by atoms with Gasteiger partial charge >= 0.3 is 12.1 Å². The minimum atomic E-state index is -0.858. The summed E-state index contributed by atoms with van der Waals surface area (Å²) in [4.78, 5) is 27.3. The number of epoxide rings is 1. The number of nitrogens with one attached hydrogen (secondary N) is 1. The fraction of sp³-hybridized carbons (Fsp3) is 0.758. The van der Waals surface area contributed by atoms with Gasteiger partial charge in [0.2, 0.25) is 0 Å². The Morgan fingerprint density at radius 3 is 2.64 bits per heavy atom. The summed E-state index contributed by atoms with van der Waals surface area (Å²) >= 11 is 0. The van der Waals surface area contributed by atoms with Gasteiger partial charge < -0.3 is 34.6 Å². The van der Waals surface area contributed by atoms with Crippen LogP contribution in [0.5, 0.6) is 0 Å². The van der Waals surface area contributed by atoms with Gasteiger partial charge in [0.25, 0.3) is 0 Å². The summed E-state index contributed by atoms with van der Waals surface area (Å²) in [5.41, 5.74) is 0.692. The van der Waals surface area contributed by atoms with Gasteiger partial charge in [-0.1, -0.05) is 59.4 Å². The quantitative estimate of drug-likeness (QED) is 0.195. The number of hydrogen-bond acceptors (Lipinski definition) is 8. The molecule has 0 spiro atoms. The molecule has 238 valence electrons. The fourth-order valence-electron chi connectivity index (χ4n) is 5.91. The second kappa shape index (κ2) is 16.6. The largest absolute Gasteiger partial charge is 0.461 e. The van der Waals surface area contributed by atoms with Gasteiger partial charge in [-0.25, -0.2) is 4.79 Å². The summed E-state index contributed by atoms with van der Waals surface area (Å²) in [6.07, 6.45) is 8.89. The molecule has 0 saturated carbocycles. The van der Waals surface area contributed by atoms with Crippen LogP contribution in [0.2, 0.25) is 0 Å². The van der Waals surface area contributed by atoms with Gasteiger partial charge in [-0.3, -0.25) is 4.79 Å². The van der Waals surface area contributed by atoms with Crippen LogP contribution in [0.1, 0.15) is 73.1 Å². The highest BCUT2D eigenvalue weighted by molar-refractivity contribution is 5.70. The van der Waals surface area contributed by atoms with Crippen LogP contribution in [0, 0.1) is 23.7 Å². The summed E-state index contributed by atoms with van der Waals surface area (Å²) in [5.74, 6) is -0.0763. The summed E-state index contributed by atoms with van der Waals surface area (Å²) in [7, 11) is 0. The monoisotopic (exact) mass is 590 g/mol. The molecule has 2 saturated heterocycles. The Hall–Kier alpha value is -2.20. The molecule has 42 heavy (non-hydrogen) atoms. The van der Waals surface area contributed by atoms with E-state index in [0.717, 1.165) is 32.4 Å². The van der Waals surface area contributed by atoms with Crippen molar-refractivity contribution in [1.82, 2.24) is 10.2 Å². The minimum absolute atomic E-state index is 0.0202. The lowest BCUT2D eigenvalue weighted by Gasteiger charge is -2.30. The number of hydrogen-bond donors (Lipinski definition) is 3. The molecular formula is C33H54N2O7. The van der Waals surface area contributed by atoms with Crippen molar-refractivity contribution in [3.05, 3.63) is 36.5 Å². The average molecular weight is 591 g/mol. The molecule has 9 nitrogen and oxygen atoms in total. The van der Waals surface area contributed by atoms with Gasteiger partial charge in [0.15, 0.2) is 0 Å². The number of ether oxygens (including phenoxy) is 3. The normalized spacial score (nSPS) is 33.1. The number of carbonyl (C=O) groups excluding carboxylic acids is 2. The number of carbonyl (C=O) groups is 2. The first-order valence-electron chi connectivity index (χ1n) is 15.9. The van der Waals surface area contributed by atoms with Crippen LogP contribution in [0.15, 0.2) is 36.5 Å². The third-order valence-electron chi connectivity index (χ3n) is 8.88. The molecule has 3 aliphatic rings. The highest BCUT2D eigenvalue weighted by Gasteiger charge is 2.45. The van der Waals surface area contributed by atoms with Crippen molar-refractivity contribution >= 4 is 12.1 Å². The maximum absolute atomic E-state index is 12.8. The number of rotatable bonds is 10. The van der Waals surface area contributed by atoms with Crippen LogP contribution in [-0.4, -0.2) is 90.0 Å². The Morgan fingerprint density at radius 1 is 1.24 bits per heavy atom. The predicted molar refractivity (Wildman–Crippen MR) is 163 cm³/mol. The lowest BCUT2D eigenvalue weighted by atomic mass is 9.88. The van der Waals surface area contributed by atoms with Crippen molar-refractivity contribution in [2.75, 3.05) is 26.2 Å². The second-order valence-corrected chi connectivity index (χ2v) is 12.6. The van der Waals surface area contributed by atoms with Crippen LogP contribution in [0.25, 0.3) is 0 Å². The molecule has 1 amide bonds. The molecule has 0 aromatic rings. The van der Waals surface area contributed by atoms with Gasteiger partial charge in [0, 0.05) is 38.0 Å². The Balaban J connectivity index is 1.62. The fourth-order valence-corrected chi connectivity index (χ4v) is 5.91. The van der Waals surface area contributed by atoms with E-state index in [4.69, 9.17) is 14.2 Å². The van der Waals surface area contributed by atoms with Crippen molar-refractivity contribution in [2.24, 2.45) is 23.7 Å². The van der Waals surface area contributed by atoms with Gasteiger partial charge in [-0.05, 0) is 55.6 Å². The van der Waals surface area contributed by atoms with Crippen LogP contribution >= 0.6 is 0 Å². The Kier molecular flexibility index (Phi) is 13.5. The molecule has 0 radical (unpaired) electrons. The van der Waals surface area contributed by atoms with E-state index in [1.165, 1.54) is 0 Å². The van der Waals surface area contributed by atoms with Crippen molar-refractivity contribution in [3.63, 3.8) is 0 Å². The molecule has 3 heterocycles. The van der Waals surface area contributed by atoms with E-state index in [1.54, 1.807) is 4.90 Å². The van der Waals surface area contributed by atoms with Crippen LogP contribution in [-0.2, 0) is 19.0 Å². The molecule has 0 bridgehead atoms. The molecule has 10 unspecified atom stereocenters. The summed E-state index contributed by atoms with van der Waals surface area (Å²) < 4.78 is 17.7. The molecule has 0 aromatic carbocycles. The van der Waals surface area contributed by atoms with Crippen molar-refractivity contribution < 1.29 is 34.0 Å². The Bertz CT molecular complexity index is 947. The van der Waals surface area contributed by atoms with E-state index < -0.39 is 24.3 Å². The van der Waals surface area contributed by atoms with E-state index in [0.29, 0.717) is 37.4 Å². The molecular weight excluding hydrogens is 536 g/mol. The SMILES string of the molecule is C=C1CCC(O)CC(=O)OC(C(C)C/C=C/C(C)CC2OC2C(C)C(O)CC)C(C)/C=C/C1OC(=O)N1CCNCC1. The number of nitrogens with zero attached hydrogens (tertiary/aromatic N) is 1. The van der Waals surface area contributed by atoms with E-state index in [2.05, 4.69) is 37.9 Å². The molecule has 0 aromatic heterocycles. The topological polar surface area (TPSA) is 121 Å². The first-order valence-corrected chi connectivity index (χ1v) is 15.9. The standard InChI is InChI=1S/C33H54N2O7/c1-7-27(37)25(6)32-29(40-32)19-21(2)9-8-10-23(4)31-24(5)12-14-28(41-33(39)35-17-15-34-16-18-35)22(3)11-13-26(36)20-30(38)42-31/h8-9,12,14,21,23-29,31-32,34,36-37H,3,7,10-11,13,15-20H2,1-2,4-6H3/b9-8+,14-12+. The molecule has 10 atom stereocenters. The first kappa shape index (κ1) is 34.3. The number of allylic oxidation sites excluding steroid dienone is 2. The number of esters is 1. The maximum atomic E-state index is 12.8. The summed E-state index contributed by atoms with van der Waals surface area (Å²) in [6.45, 7) is 17.1. The zero-order valence-corrected chi connectivity index (χ0v) is 26.2. The lowest BCUT2D eigenvalue weighted by molar-refractivity contribution is -0.156. The highest BCUT2D eigenvalue weighted by Crippen LogP contribution is 2.36. The highest BCUT2D eigenvalue weighted by atomic mass is 16.6. The zero-order chi connectivity index (χ0) is 30.8. The van der Waals surface area contributed by atoms with Gasteiger partial charge in [0.1, 0.15) is 12.2 Å². The van der Waals surface area contributed by atoms with E-state index >= 15 is 0 Å². The first-order chi connectivity index (χ1) is 20.0. The number of cyclic esters (lactones) is 1. The molecule has 3 rings (SSSR count). The van der Waals surface area contributed by atoms with Crippen molar-refractivity contribution in [1.29, 1.82) is 0 Å². The molecule has 2 fully saturated rings. The van der Waals surface area contributed by atoms with E-state index in [9.17, 15) is 19.8 Å². The van der Waals surface area contributed by atoms with E-state index in [-0.39, 0.29) is 48.6 Å². The molecule has 0 aliphatic carbocycles. The number of amides is 1. The van der Waals surface area contributed by atoms with Crippen LogP contribution in [0.3, 0.4) is 0 Å². The third-order valence-corrected chi connectivity index (χ3v) is 8.88. The van der Waals surface area contributed by atoms with Gasteiger partial charge in [-0.2, -0.15) is 0 Å². The maximum Gasteiger partial charge on any atom is 0.410 e. The number of piperazine rings is 1. The molecule has 3 aliphatic heterocycles. The third kappa shape index (κ3) is 10.5. The van der Waals surface area contributed by atoms with Crippen LogP contribution < -0.4 is 5.32 Å². The van der Waals surface area contributed by atoms with Gasteiger partial charge in [0.05, 0.1) is 30.8 Å². The number of aliphatic hydroxyl groups excluding tert-OH is 2. The Morgan fingerprint density at radius 2 is 1.95 bits per heavy atom. The van der Waals surface area contributed by atoms with Crippen LogP contribution in [0.4, 0.5) is 4.79 Å². The Labute approximate surface area is 252 Å².